The lowest BCUT2D eigenvalue weighted by Gasteiger charge is -2.35. The standard InChI is InChI=1S/C90H134N4S4/c1-9-13-17-21-25-29-33-37-41-45-49-53-57-89(58-54-50-46-42-38-34-30-26-22-18-14-10-2)75-64-71-76(63-70(75)81-77(89)61-68(7)83-85(81)93-97-91-83)90(59-55-51-47-43-39-35-31-27-23-19-15-11-3,60-56-52-48-44-40-36-32-28-24-20-16-12-4)78-65-72(84-86(82(71)78)94-98-92-84)79-66-74-80(67(5)6)73-62-69(8)95-87(73)88(74)96-79/h61-66H,9-60H2,1-8H3. The first-order chi connectivity index (χ1) is 48.2. The van der Waals surface area contributed by atoms with Crippen molar-refractivity contribution in [1.82, 2.24) is 17.5 Å². The first-order valence-corrected chi connectivity index (χ1v) is 45.0. The monoisotopic (exact) mass is 1400 g/mol. The molecule has 0 radical (unpaired) electrons. The fourth-order valence-electron chi connectivity index (χ4n) is 18.4. The molecular formula is C90H134N4S4. The molecule has 0 unspecified atom stereocenters. The average Bonchev–Trinajstić information content (AvgIpc) is 1.52. The number of benzene rings is 3. The highest BCUT2D eigenvalue weighted by atomic mass is 32.1. The second kappa shape index (κ2) is 40.5. The predicted molar refractivity (Wildman–Crippen MR) is 437 cm³/mol. The molecule has 8 heteroatoms. The number of allylic oxidation sites excluding steroid dienone is 1. The molecule has 0 N–H and O–H groups in total. The van der Waals surface area contributed by atoms with Gasteiger partial charge in [0.1, 0.15) is 22.1 Å². The number of unbranched alkanes of at least 4 members (excludes halogenated alkanes) is 44. The molecule has 98 heavy (non-hydrogen) atoms. The summed E-state index contributed by atoms with van der Waals surface area (Å²) in [6.07, 6.45) is 70.7. The fourth-order valence-corrected chi connectivity index (χ4v) is 22.0. The summed E-state index contributed by atoms with van der Waals surface area (Å²) in [6.45, 7) is 18.6. The first-order valence-electron chi connectivity index (χ1n) is 41.9. The number of hydrogen-bond donors (Lipinski definition) is 0. The second-order valence-corrected chi connectivity index (χ2v) is 35.2. The number of aromatic nitrogens is 4. The molecule has 0 atom stereocenters. The first kappa shape index (κ1) is 77.1. The van der Waals surface area contributed by atoms with Crippen LogP contribution in [0.1, 0.15) is 419 Å². The van der Waals surface area contributed by atoms with Gasteiger partial charge in [0.2, 0.25) is 0 Å². The smallest absolute Gasteiger partial charge is 0.114 e. The molecule has 0 spiro atoms. The lowest BCUT2D eigenvalue weighted by Crippen LogP contribution is -2.27. The minimum absolute atomic E-state index is 0.0891. The number of aryl methyl sites for hydroxylation is 2. The number of rotatable bonds is 53. The van der Waals surface area contributed by atoms with Crippen LogP contribution in [0.5, 0.6) is 0 Å². The summed E-state index contributed by atoms with van der Waals surface area (Å²) in [5.41, 5.74) is 24.9. The molecule has 4 aromatic heterocycles. The van der Waals surface area contributed by atoms with Crippen LogP contribution in [0.4, 0.5) is 0 Å². The summed E-state index contributed by atoms with van der Waals surface area (Å²) < 4.78 is 21.5. The molecule has 0 saturated heterocycles. The van der Waals surface area contributed by atoms with Gasteiger partial charge in [0.05, 0.1) is 33.2 Å². The van der Waals surface area contributed by atoms with Crippen molar-refractivity contribution in [3.05, 3.63) is 85.8 Å². The Morgan fingerprint density at radius 2 is 0.592 bits per heavy atom. The minimum atomic E-state index is -0.146. The number of nitrogens with zero attached hydrogens (tertiary/aromatic N) is 4. The molecule has 4 heterocycles. The van der Waals surface area contributed by atoms with Gasteiger partial charge >= 0.3 is 0 Å². The quantitative estimate of drug-likeness (QED) is 0.0357. The van der Waals surface area contributed by atoms with Gasteiger partial charge in [-0.15, -0.1) is 22.7 Å². The second-order valence-electron chi connectivity index (χ2n) is 31.9. The van der Waals surface area contributed by atoms with E-state index in [0.717, 1.165) is 16.6 Å². The Hall–Kier alpha value is -3.56. The molecule has 4 nitrogen and oxygen atoms in total. The SMILES string of the molecule is CCCCCCCCCCCCCCC1(CCCCCCCCCCCCCC)c2cc3c(cc2-c2c1cc(C)c1nsnc21)C(CCCCCCCCCCCCCC)(CCCCCCCCCCCCCC)c1cc(-c2cc4c(s2)-c2sc(C)cc2C4=C(C)C)c2nsnc2c1-3. The largest absolute Gasteiger partial charge is 0.173 e. The van der Waals surface area contributed by atoms with Gasteiger partial charge < -0.3 is 0 Å². The van der Waals surface area contributed by atoms with Crippen molar-refractivity contribution in [2.75, 3.05) is 0 Å². The summed E-state index contributed by atoms with van der Waals surface area (Å²) in [5.74, 6) is 0. The van der Waals surface area contributed by atoms with Gasteiger partial charge in [0, 0.05) is 48.4 Å². The summed E-state index contributed by atoms with van der Waals surface area (Å²) >= 11 is 6.91. The average molecular weight is 1400 g/mol. The van der Waals surface area contributed by atoms with Gasteiger partial charge in [-0.25, -0.2) is 0 Å². The third-order valence-electron chi connectivity index (χ3n) is 24.0. The lowest BCUT2D eigenvalue weighted by atomic mass is 9.68. The summed E-state index contributed by atoms with van der Waals surface area (Å²) in [6, 6.07) is 16.1. The Labute approximate surface area is 615 Å². The van der Waals surface area contributed by atoms with Crippen LogP contribution in [0.3, 0.4) is 0 Å². The third-order valence-corrected chi connectivity index (χ3v) is 27.4. The van der Waals surface area contributed by atoms with Crippen molar-refractivity contribution in [2.24, 2.45) is 0 Å². The predicted octanol–water partition coefficient (Wildman–Crippen LogP) is 31.8. The van der Waals surface area contributed by atoms with Crippen molar-refractivity contribution < 1.29 is 0 Å². The molecule has 0 aliphatic heterocycles. The van der Waals surface area contributed by atoms with Crippen molar-refractivity contribution in [1.29, 1.82) is 0 Å². The molecule has 538 valence electrons. The summed E-state index contributed by atoms with van der Waals surface area (Å²) in [7, 11) is 0. The Balaban J connectivity index is 1.04. The van der Waals surface area contributed by atoms with E-state index in [4.69, 9.17) is 17.5 Å². The number of fused-ring (bicyclic) bond motifs is 13. The van der Waals surface area contributed by atoms with E-state index in [-0.39, 0.29) is 10.8 Å². The molecule has 0 saturated carbocycles. The van der Waals surface area contributed by atoms with E-state index < -0.39 is 0 Å². The molecule has 0 fully saturated rings. The molecule has 3 aliphatic carbocycles. The van der Waals surface area contributed by atoms with E-state index in [2.05, 4.69) is 91.8 Å². The van der Waals surface area contributed by atoms with Gasteiger partial charge in [-0.3, -0.25) is 0 Å². The van der Waals surface area contributed by atoms with Crippen LogP contribution in [0.2, 0.25) is 0 Å². The number of hydrogen-bond acceptors (Lipinski definition) is 8. The van der Waals surface area contributed by atoms with Crippen molar-refractivity contribution in [3.63, 3.8) is 0 Å². The van der Waals surface area contributed by atoms with Crippen molar-refractivity contribution in [2.45, 2.75) is 400 Å². The Morgan fingerprint density at radius 1 is 0.296 bits per heavy atom. The highest BCUT2D eigenvalue weighted by molar-refractivity contribution is 7.24. The lowest BCUT2D eigenvalue weighted by molar-refractivity contribution is 0.393. The van der Waals surface area contributed by atoms with Gasteiger partial charge in [-0.05, 0) is 128 Å². The molecule has 7 aromatic rings. The van der Waals surface area contributed by atoms with E-state index in [0.29, 0.717) is 0 Å². The van der Waals surface area contributed by atoms with E-state index >= 15 is 0 Å². The van der Waals surface area contributed by atoms with Gasteiger partial charge in [-0.1, -0.05) is 348 Å². The van der Waals surface area contributed by atoms with Gasteiger partial charge in [-0.2, -0.15) is 17.5 Å². The van der Waals surface area contributed by atoms with Crippen molar-refractivity contribution >= 4 is 73.8 Å². The van der Waals surface area contributed by atoms with Gasteiger partial charge in [0.25, 0.3) is 0 Å². The van der Waals surface area contributed by atoms with E-state index in [1.165, 1.54) is 438 Å². The zero-order chi connectivity index (χ0) is 68.4. The van der Waals surface area contributed by atoms with E-state index in [1.807, 2.05) is 22.7 Å². The number of thiophene rings is 2. The zero-order valence-electron chi connectivity index (χ0n) is 63.7. The Morgan fingerprint density at radius 3 is 0.959 bits per heavy atom. The normalized spacial score (nSPS) is 13.9. The molecule has 3 aromatic carbocycles. The van der Waals surface area contributed by atoms with Crippen molar-refractivity contribution in [3.8, 4) is 42.4 Å². The summed E-state index contributed by atoms with van der Waals surface area (Å²) in [5, 5.41) is 0. The fraction of sp³-hybridized carbons (Fsp3) is 0.689. The van der Waals surface area contributed by atoms with E-state index in [1.54, 1.807) is 22.3 Å². The molecule has 10 rings (SSSR count). The van der Waals surface area contributed by atoms with Crippen LogP contribution in [0.25, 0.3) is 70.1 Å². The van der Waals surface area contributed by atoms with Crippen LogP contribution in [0, 0.1) is 13.8 Å². The maximum absolute atomic E-state index is 5.57. The van der Waals surface area contributed by atoms with Crippen LogP contribution in [-0.2, 0) is 10.8 Å². The topological polar surface area (TPSA) is 51.6 Å². The third kappa shape index (κ3) is 19.2. The molecular weight excluding hydrogens is 1270 g/mol. The summed E-state index contributed by atoms with van der Waals surface area (Å²) in [4.78, 5) is 5.68. The maximum Gasteiger partial charge on any atom is 0.114 e. The highest BCUT2D eigenvalue weighted by Crippen LogP contribution is 2.64. The Kier molecular flexibility index (Phi) is 31.8. The highest BCUT2D eigenvalue weighted by Gasteiger charge is 2.50. The van der Waals surface area contributed by atoms with Crippen LogP contribution < -0.4 is 0 Å². The minimum Gasteiger partial charge on any atom is -0.173 e. The van der Waals surface area contributed by atoms with Crippen LogP contribution in [-0.4, -0.2) is 17.5 Å². The molecule has 0 amide bonds. The Bertz CT molecular complexity index is 3480. The maximum atomic E-state index is 5.57. The zero-order valence-corrected chi connectivity index (χ0v) is 66.9. The van der Waals surface area contributed by atoms with E-state index in [9.17, 15) is 0 Å². The van der Waals surface area contributed by atoms with Crippen LogP contribution in [0.15, 0.2) is 42.0 Å². The van der Waals surface area contributed by atoms with Gasteiger partial charge in [0.15, 0.2) is 0 Å². The molecule has 3 aliphatic rings. The van der Waals surface area contributed by atoms with Crippen LogP contribution >= 0.6 is 46.1 Å². The molecule has 0 bridgehead atoms.